The van der Waals surface area contributed by atoms with Crippen LogP contribution in [0.5, 0.6) is 0 Å². The van der Waals surface area contributed by atoms with Gasteiger partial charge in [-0.05, 0) is 18.7 Å². The van der Waals surface area contributed by atoms with E-state index in [0.29, 0.717) is 0 Å². The van der Waals surface area contributed by atoms with E-state index in [2.05, 4.69) is 16.4 Å². The fourth-order valence-corrected chi connectivity index (χ4v) is 2.18. The van der Waals surface area contributed by atoms with E-state index in [4.69, 9.17) is 0 Å². The molecule has 1 N–H and O–H groups in total. The molecule has 1 unspecified atom stereocenters. The lowest BCUT2D eigenvalue weighted by molar-refractivity contribution is 0.661. The van der Waals surface area contributed by atoms with Crippen molar-refractivity contribution in [2.75, 3.05) is 13.6 Å². The molecule has 1 heterocycles. The van der Waals surface area contributed by atoms with E-state index >= 15 is 0 Å². The molecule has 0 radical (unpaired) electrons. The molecular formula is C14H16N4. The molecule has 0 saturated carbocycles. The van der Waals surface area contributed by atoms with Crippen LogP contribution >= 0.6 is 0 Å². The number of aryl methyl sites for hydroxylation is 1. The number of aromatic nitrogens is 2. The van der Waals surface area contributed by atoms with Gasteiger partial charge in [-0.15, -0.1) is 0 Å². The second-order valence-corrected chi connectivity index (χ2v) is 4.24. The fraction of sp³-hybridized carbons (Fsp3) is 0.286. The Bertz CT molecular complexity index is 565. The Kier molecular flexibility index (Phi) is 3.75. The van der Waals surface area contributed by atoms with Crippen LogP contribution in [0.1, 0.15) is 22.7 Å². The first-order chi connectivity index (χ1) is 8.77. The van der Waals surface area contributed by atoms with E-state index in [1.807, 2.05) is 49.1 Å². The van der Waals surface area contributed by atoms with Crippen LogP contribution in [-0.4, -0.2) is 23.1 Å². The Morgan fingerprint density at radius 3 is 2.83 bits per heavy atom. The quantitative estimate of drug-likeness (QED) is 0.884. The van der Waals surface area contributed by atoms with Crippen LogP contribution in [0.25, 0.3) is 0 Å². The molecule has 0 aliphatic rings. The summed E-state index contributed by atoms with van der Waals surface area (Å²) in [6, 6.07) is 9.98. The molecule has 1 atom stereocenters. The van der Waals surface area contributed by atoms with Gasteiger partial charge in [-0.3, -0.25) is 0 Å². The van der Waals surface area contributed by atoms with E-state index in [-0.39, 0.29) is 5.92 Å². The highest BCUT2D eigenvalue weighted by Crippen LogP contribution is 2.26. The lowest BCUT2D eigenvalue weighted by Crippen LogP contribution is -2.21. The highest BCUT2D eigenvalue weighted by Gasteiger charge is 2.19. The zero-order valence-corrected chi connectivity index (χ0v) is 10.6. The van der Waals surface area contributed by atoms with Crippen LogP contribution < -0.4 is 5.32 Å². The summed E-state index contributed by atoms with van der Waals surface area (Å²) in [4.78, 5) is 4.16. The minimum atomic E-state index is 0.137. The number of benzene rings is 1. The maximum atomic E-state index is 9.21. The van der Waals surface area contributed by atoms with Gasteiger partial charge in [0.15, 0.2) is 0 Å². The highest BCUT2D eigenvalue weighted by atomic mass is 15.0. The van der Waals surface area contributed by atoms with Crippen molar-refractivity contribution in [2.45, 2.75) is 5.92 Å². The molecule has 4 nitrogen and oxygen atoms in total. The van der Waals surface area contributed by atoms with Crippen LogP contribution in [0.3, 0.4) is 0 Å². The number of rotatable bonds is 4. The number of nitriles is 1. The normalized spacial score (nSPS) is 12.1. The van der Waals surface area contributed by atoms with Crippen molar-refractivity contribution in [3.05, 3.63) is 53.6 Å². The molecule has 0 saturated heterocycles. The predicted octanol–water partition coefficient (Wildman–Crippen LogP) is 1.64. The molecule has 0 fully saturated rings. The summed E-state index contributed by atoms with van der Waals surface area (Å²) >= 11 is 0. The zero-order chi connectivity index (χ0) is 13.0. The number of hydrogen-bond acceptors (Lipinski definition) is 3. The summed E-state index contributed by atoms with van der Waals surface area (Å²) in [6.45, 7) is 0.776. The minimum Gasteiger partial charge on any atom is -0.337 e. The van der Waals surface area contributed by atoms with Gasteiger partial charge in [0, 0.05) is 31.4 Å². The van der Waals surface area contributed by atoms with E-state index in [1.165, 1.54) is 0 Å². The van der Waals surface area contributed by atoms with Gasteiger partial charge < -0.3 is 9.88 Å². The maximum Gasteiger partial charge on any atom is 0.0994 e. The second kappa shape index (κ2) is 5.48. The predicted molar refractivity (Wildman–Crippen MR) is 70.1 cm³/mol. The van der Waals surface area contributed by atoms with Crippen molar-refractivity contribution in [1.29, 1.82) is 5.26 Å². The van der Waals surface area contributed by atoms with Crippen molar-refractivity contribution in [1.82, 2.24) is 14.9 Å². The summed E-state index contributed by atoms with van der Waals surface area (Å²) in [5.74, 6) is 0.137. The van der Waals surface area contributed by atoms with Crippen molar-refractivity contribution >= 4 is 0 Å². The Morgan fingerprint density at radius 1 is 1.44 bits per heavy atom. The summed E-state index contributed by atoms with van der Waals surface area (Å²) in [6.07, 6.45) is 3.64. The molecule has 2 rings (SSSR count). The van der Waals surface area contributed by atoms with Gasteiger partial charge in [-0.25, -0.2) is 4.98 Å². The van der Waals surface area contributed by atoms with Gasteiger partial charge in [-0.2, -0.15) is 5.26 Å². The third-order valence-electron chi connectivity index (χ3n) is 3.08. The molecule has 4 heteroatoms. The van der Waals surface area contributed by atoms with E-state index in [9.17, 15) is 5.26 Å². The minimum absolute atomic E-state index is 0.137. The highest BCUT2D eigenvalue weighted by molar-refractivity contribution is 5.43. The van der Waals surface area contributed by atoms with E-state index < -0.39 is 0 Å². The summed E-state index contributed by atoms with van der Waals surface area (Å²) in [5.41, 5.74) is 2.86. The molecule has 0 spiro atoms. The molecule has 0 aliphatic heterocycles. The summed E-state index contributed by atoms with van der Waals surface area (Å²) in [7, 11) is 3.89. The first-order valence-corrected chi connectivity index (χ1v) is 5.87. The topological polar surface area (TPSA) is 53.6 Å². The molecule has 0 bridgehead atoms. The third kappa shape index (κ3) is 2.27. The van der Waals surface area contributed by atoms with Gasteiger partial charge in [0.05, 0.1) is 18.0 Å². The van der Waals surface area contributed by atoms with Crippen molar-refractivity contribution in [3.8, 4) is 6.07 Å². The van der Waals surface area contributed by atoms with Crippen LogP contribution in [0.15, 0.2) is 36.8 Å². The number of nitrogens with zero attached hydrogens (tertiary/aromatic N) is 3. The number of nitrogens with one attached hydrogen (secondary N) is 1. The first kappa shape index (κ1) is 12.3. The largest absolute Gasteiger partial charge is 0.337 e. The van der Waals surface area contributed by atoms with Gasteiger partial charge in [0.2, 0.25) is 0 Å². The summed E-state index contributed by atoms with van der Waals surface area (Å²) < 4.78 is 2.00. The average Bonchev–Trinajstić information content (AvgIpc) is 2.82. The van der Waals surface area contributed by atoms with Gasteiger partial charge in [0.1, 0.15) is 0 Å². The third-order valence-corrected chi connectivity index (χ3v) is 3.08. The SMILES string of the molecule is CNCC(c1ccccc1C#N)c1cncn1C. The molecule has 1 aromatic carbocycles. The van der Waals surface area contributed by atoms with E-state index in [0.717, 1.165) is 23.4 Å². The van der Waals surface area contributed by atoms with Gasteiger partial charge in [0.25, 0.3) is 0 Å². The molecular weight excluding hydrogens is 224 g/mol. The van der Waals surface area contributed by atoms with Crippen LogP contribution in [0.2, 0.25) is 0 Å². The monoisotopic (exact) mass is 240 g/mol. The lowest BCUT2D eigenvalue weighted by atomic mass is 9.92. The van der Waals surface area contributed by atoms with Crippen molar-refractivity contribution in [3.63, 3.8) is 0 Å². The zero-order valence-electron chi connectivity index (χ0n) is 10.6. The fourth-order valence-electron chi connectivity index (χ4n) is 2.18. The first-order valence-electron chi connectivity index (χ1n) is 5.87. The van der Waals surface area contributed by atoms with Crippen molar-refractivity contribution in [2.24, 2.45) is 7.05 Å². The molecule has 1 aromatic heterocycles. The Morgan fingerprint density at radius 2 is 2.22 bits per heavy atom. The standard InChI is InChI=1S/C14H16N4/c1-16-8-13(14-9-17-10-18(14)2)12-6-4-3-5-11(12)7-15/h3-6,9-10,13,16H,8H2,1-2H3. The Labute approximate surface area is 107 Å². The second-order valence-electron chi connectivity index (χ2n) is 4.24. The molecule has 0 aliphatic carbocycles. The Balaban J connectivity index is 2.49. The van der Waals surface area contributed by atoms with Gasteiger partial charge >= 0.3 is 0 Å². The average molecular weight is 240 g/mol. The van der Waals surface area contributed by atoms with Crippen molar-refractivity contribution < 1.29 is 0 Å². The number of imidazole rings is 1. The molecule has 0 amide bonds. The van der Waals surface area contributed by atoms with Crippen LogP contribution in [-0.2, 0) is 7.05 Å². The van der Waals surface area contributed by atoms with Crippen LogP contribution in [0.4, 0.5) is 0 Å². The number of likely N-dealkylation sites (N-methyl/N-ethyl adjacent to an activating group) is 1. The molecule has 2 aromatic rings. The lowest BCUT2D eigenvalue weighted by Gasteiger charge is -2.18. The van der Waals surface area contributed by atoms with E-state index in [1.54, 1.807) is 6.33 Å². The Hall–Kier alpha value is -2.12. The smallest absolute Gasteiger partial charge is 0.0994 e. The van der Waals surface area contributed by atoms with Crippen LogP contribution in [0, 0.1) is 11.3 Å². The maximum absolute atomic E-state index is 9.21. The van der Waals surface area contributed by atoms with Gasteiger partial charge in [-0.1, -0.05) is 18.2 Å². The molecule has 92 valence electrons. The summed E-state index contributed by atoms with van der Waals surface area (Å²) in [5, 5.41) is 12.4. The number of hydrogen-bond donors (Lipinski definition) is 1. The molecule has 18 heavy (non-hydrogen) atoms.